The van der Waals surface area contributed by atoms with E-state index in [-0.39, 0.29) is 0 Å². The van der Waals surface area contributed by atoms with Gasteiger partial charge in [0.1, 0.15) is 0 Å². The summed E-state index contributed by atoms with van der Waals surface area (Å²) in [5.41, 5.74) is 0. The first-order valence-corrected chi connectivity index (χ1v) is 7.52. The average molecular weight is 274 g/mol. The molecule has 2 heterocycles. The van der Waals surface area contributed by atoms with E-state index in [1.165, 1.54) is 45.1 Å². The van der Waals surface area contributed by atoms with Crippen molar-refractivity contribution in [3.8, 4) is 0 Å². The van der Waals surface area contributed by atoms with Crippen molar-refractivity contribution in [1.82, 2.24) is 4.90 Å². The van der Waals surface area contributed by atoms with Gasteiger partial charge in [-0.25, -0.2) is 0 Å². The van der Waals surface area contributed by atoms with Crippen molar-refractivity contribution in [1.29, 1.82) is 0 Å². The summed E-state index contributed by atoms with van der Waals surface area (Å²) in [6.07, 6.45) is 8.40. The number of alkyl halides is 1. The average Bonchev–Trinajstić information content (AvgIpc) is 2.44. The Balaban J connectivity index is 1.88. The van der Waals surface area contributed by atoms with Crippen LogP contribution in [0.15, 0.2) is 0 Å². The fourth-order valence-corrected chi connectivity index (χ4v) is 4.31. The molecule has 2 aliphatic heterocycles. The minimum Gasteiger partial charge on any atom is -0.297 e. The maximum absolute atomic E-state index is 3.81. The van der Waals surface area contributed by atoms with Crippen molar-refractivity contribution < 1.29 is 0 Å². The number of halogens is 1. The molecule has 2 heteroatoms. The second kappa shape index (κ2) is 5.18. The fraction of sp³-hybridized carbons (Fsp3) is 1.00. The van der Waals surface area contributed by atoms with Crippen molar-refractivity contribution in [2.75, 3.05) is 6.54 Å². The number of rotatable bonds is 4. The van der Waals surface area contributed by atoms with Gasteiger partial charge >= 0.3 is 0 Å². The molecule has 0 radical (unpaired) electrons. The van der Waals surface area contributed by atoms with E-state index >= 15 is 0 Å². The zero-order valence-corrected chi connectivity index (χ0v) is 11.7. The Bertz CT molecular complexity index is 193. The van der Waals surface area contributed by atoms with Gasteiger partial charge < -0.3 is 0 Å². The lowest BCUT2D eigenvalue weighted by molar-refractivity contribution is 0.123. The molecule has 0 amide bonds. The molecule has 0 N–H and O–H groups in total. The summed E-state index contributed by atoms with van der Waals surface area (Å²) in [5, 5.41) is 0. The third-order valence-electron chi connectivity index (χ3n) is 4.13. The molecule has 1 nitrogen and oxygen atoms in total. The molecule has 3 unspecified atom stereocenters. The first-order valence-electron chi connectivity index (χ1n) is 6.60. The summed E-state index contributed by atoms with van der Waals surface area (Å²) < 4.78 is 0. The first-order chi connectivity index (χ1) is 7.20. The molecule has 0 spiro atoms. The van der Waals surface area contributed by atoms with Crippen molar-refractivity contribution in [3.05, 3.63) is 0 Å². The topological polar surface area (TPSA) is 3.24 Å². The third-order valence-corrected chi connectivity index (χ3v) is 4.88. The molecule has 0 aromatic carbocycles. The summed E-state index contributed by atoms with van der Waals surface area (Å²) in [6.45, 7) is 6.07. The van der Waals surface area contributed by atoms with Gasteiger partial charge in [0.05, 0.1) is 0 Å². The van der Waals surface area contributed by atoms with Crippen LogP contribution in [0.1, 0.15) is 52.4 Å². The van der Waals surface area contributed by atoms with E-state index < -0.39 is 0 Å². The number of piperidine rings is 1. The minimum absolute atomic E-state index is 0.799. The van der Waals surface area contributed by atoms with Crippen molar-refractivity contribution in [2.45, 2.75) is 69.3 Å². The van der Waals surface area contributed by atoms with E-state index in [1.54, 1.807) is 0 Å². The summed E-state index contributed by atoms with van der Waals surface area (Å²) in [6, 6.07) is 1.79. The number of fused-ring (bicyclic) bond motifs is 2. The van der Waals surface area contributed by atoms with Gasteiger partial charge in [0.2, 0.25) is 0 Å². The van der Waals surface area contributed by atoms with Gasteiger partial charge in [-0.2, -0.15) is 0 Å². The predicted molar refractivity (Wildman–Crippen MR) is 69.5 cm³/mol. The number of hydrogen-bond acceptors (Lipinski definition) is 1. The molecular weight excluding hydrogens is 250 g/mol. The van der Waals surface area contributed by atoms with Gasteiger partial charge in [0, 0.05) is 23.5 Å². The lowest BCUT2D eigenvalue weighted by Crippen LogP contribution is -2.45. The Labute approximate surface area is 103 Å². The van der Waals surface area contributed by atoms with Crippen LogP contribution in [0.25, 0.3) is 0 Å². The normalized spacial score (nSPS) is 38.2. The summed E-state index contributed by atoms with van der Waals surface area (Å²) >= 11 is 3.81. The second-order valence-corrected chi connectivity index (χ2v) is 6.84. The van der Waals surface area contributed by atoms with E-state index in [2.05, 4.69) is 34.7 Å². The molecule has 2 rings (SSSR count). The van der Waals surface area contributed by atoms with Crippen LogP contribution < -0.4 is 0 Å². The van der Waals surface area contributed by atoms with Crippen molar-refractivity contribution >= 4 is 15.9 Å². The summed E-state index contributed by atoms with van der Waals surface area (Å²) in [4.78, 5) is 3.62. The predicted octanol–water partition coefficient (Wildman–Crippen LogP) is 3.81. The van der Waals surface area contributed by atoms with Crippen LogP contribution in [0.2, 0.25) is 0 Å². The highest BCUT2D eigenvalue weighted by Crippen LogP contribution is 2.38. The van der Waals surface area contributed by atoms with Gasteiger partial charge in [-0.05, 0) is 38.0 Å². The molecule has 2 aliphatic rings. The second-order valence-electron chi connectivity index (χ2n) is 5.54. The first kappa shape index (κ1) is 11.9. The molecule has 0 saturated carbocycles. The quantitative estimate of drug-likeness (QED) is 0.704. The molecule has 15 heavy (non-hydrogen) atoms. The molecule has 2 fully saturated rings. The van der Waals surface area contributed by atoms with Crippen LogP contribution in [-0.2, 0) is 0 Å². The van der Waals surface area contributed by atoms with Crippen LogP contribution in [0.3, 0.4) is 0 Å². The van der Waals surface area contributed by atoms with E-state index in [0.29, 0.717) is 0 Å². The maximum atomic E-state index is 3.81. The number of nitrogens with zero attached hydrogens (tertiary/aromatic N) is 1. The summed E-state index contributed by atoms with van der Waals surface area (Å²) in [5.74, 6) is 0.893. The van der Waals surface area contributed by atoms with E-state index in [0.717, 1.165) is 22.8 Å². The third kappa shape index (κ3) is 2.76. The highest BCUT2D eigenvalue weighted by molar-refractivity contribution is 9.09. The van der Waals surface area contributed by atoms with Crippen LogP contribution in [0, 0.1) is 5.92 Å². The van der Waals surface area contributed by atoms with Crippen LogP contribution >= 0.6 is 15.9 Å². The van der Waals surface area contributed by atoms with E-state index in [9.17, 15) is 0 Å². The largest absolute Gasteiger partial charge is 0.297 e. The van der Waals surface area contributed by atoms with Crippen molar-refractivity contribution in [3.63, 3.8) is 0 Å². The zero-order chi connectivity index (χ0) is 10.8. The van der Waals surface area contributed by atoms with Crippen LogP contribution in [-0.4, -0.2) is 28.4 Å². The lowest BCUT2D eigenvalue weighted by Gasteiger charge is -2.38. The van der Waals surface area contributed by atoms with Crippen LogP contribution in [0.5, 0.6) is 0 Å². The Kier molecular flexibility index (Phi) is 4.11. The highest BCUT2D eigenvalue weighted by Gasteiger charge is 2.39. The Hall–Kier alpha value is 0.440. The van der Waals surface area contributed by atoms with Gasteiger partial charge in [0.25, 0.3) is 0 Å². The van der Waals surface area contributed by atoms with Gasteiger partial charge in [-0.1, -0.05) is 36.2 Å². The van der Waals surface area contributed by atoms with Gasteiger partial charge in [-0.3, -0.25) is 4.90 Å². The standard InChI is InChI=1S/C13H24BrN/c1-3-4-10(2)9-15-12-5-6-13(15)8-11(14)7-12/h10-13H,3-9H2,1-2H3. The monoisotopic (exact) mass is 273 g/mol. The van der Waals surface area contributed by atoms with Crippen LogP contribution in [0.4, 0.5) is 0 Å². The number of hydrogen-bond donors (Lipinski definition) is 0. The molecular formula is C13H24BrN. The zero-order valence-electron chi connectivity index (χ0n) is 10.1. The smallest absolute Gasteiger partial charge is 0.0175 e. The molecule has 88 valence electrons. The Morgan fingerprint density at radius 2 is 1.87 bits per heavy atom. The molecule has 0 aliphatic carbocycles. The van der Waals surface area contributed by atoms with Crippen molar-refractivity contribution in [2.24, 2.45) is 5.92 Å². The molecule has 0 aromatic rings. The Morgan fingerprint density at radius 3 is 2.40 bits per heavy atom. The molecule has 0 aromatic heterocycles. The molecule has 3 atom stereocenters. The van der Waals surface area contributed by atoms with Gasteiger partial charge in [0.15, 0.2) is 0 Å². The summed E-state index contributed by atoms with van der Waals surface area (Å²) in [7, 11) is 0. The van der Waals surface area contributed by atoms with Gasteiger partial charge in [-0.15, -0.1) is 0 Å². The maximum Gasteiger partial charge on any atom is 0.0175 e. The lowest BCUT2D eigenvalue weighted by atomic mass is 9.99. The highest BCUT2D eigenvalue weighted by atomic mass is 79.9. The fourth-order valence-electron chi connectivity index (χ4n) is 3.45. The molecule has 2 saturated heterocycles. The van der Waals surface area contributed by atoms with E-state index in [4.69, 9.17) is 0 Å². The SMILES string of the molecule is CCCC(C)CN1C2CCC1CC(Br)C2. The Morgan fingerprint density at radius 1 is 1.27 bits per heavy atom. The van der Waals surface area contributed by atoms with E-state index in [1.807, 2.05) is 0 Å². The minimum atomic E-state index is 0.799. The molecule has 2 bridgehead atoms.